The molecule has 0 saturated heterocycles. The van der Waals surface area contributed by atoms with Crippen LogP contribution in [-0.4, -0.2) is 41.1 Å². The molecule has 0 rings (SSSR count). The Balaban J connectivity index is 3.81. The number of rotatable bonds is 9. The van der Waals surface area contributed by atoms with Gasteiger partial charge in [0.1, 0.15) is 5.54 Å². The molecule has 1 unspecified atom stereocenters. The number of nitrogens with two attached hydrogens (primary N) is 1. The minimum Gasteiger partial charge on any atom is -0.480 e. The van der Waals surface area contributed by atoms with Gasteiger partial charge in [-0.1, -0.05) is 13.8 Å². The summed E-state index contributed by atoms with van der Waals surface area (Å²) >= 11 is 0. The van der Waals surface area contributed by atoms with E-state index in [-0.39, 0.29) is 0 Å². The number of nitrogens with zero attached hydrogens (tertiary/aromatic N) is 1. The van der Waals surface area contributed by atoms with E-state index in [2.05, 4.69) is 25.8 Å². The van der Waals surface area contributed by atoms with Crippen molar-refractivity contribution in [1.82, 2.24) is 4.90 Å². The molecule has 4 nitrogen and oxygen atoms in total. The van der Waals surface area contributed by atoms with Crippen molar-refractivity contribution < 1.29 is 9.90 Å². The van der Waals surface area contributed by atoms with Crippen LogP contribution in [0.3, 0.4) is 0 Å². The number of hydrogen-bond donors (Lipinski definition) is 2. The minimum atomic E-state index is -1.08. The largest absolute Gasteiger partial charge is 0.480 e. The van der Waals surface area contributed by atoms with Gasteiger partial charge < -0.3 is 15.7 Å². The Morgan fingerprint density at radius 1 is 1.35 bits per heavy atom. The molecule has 0 saturated carbocycles. The summed E-state index contributed by atoms with van der Waals surface area (Å²) < 4.78 is 0. The topological polar surface area (TPSA) is 66.6 Å². The Morgan fingerprint density at radius 2 is 1.88 bits per heavy atom. The molecular weight excluding hydrogens is 216 g/mol. The van der Waals surface area contributed by atoms with E-state index < -0.39 is 11.5 Å². The van der Waals surface area contributed by atoms with Crippen molar-refractivity contribution >= 4 is 5.97 Å². The Morgan fingerprint density at radius 3 is 2.29 bits per heavy atom. The average molecular weight is 244 g/mol. The summed E-state index contributed by atoms with van der Waals surface area (Å²) in [5.41, 5.74) is 4.60. The molecule has 0 aliphatic heterocycles. The molecular formula is C13H28N2O2. The zero-order valence-corrected chi connectivity index (χ0v) is 11.7. The first kappa shape index (κ1) is 16.4. The summed E-state index contributed by atoms with van der Waals surface area (Å²) in [5, 5.41) is 8.88. The zero-order valence-electron chi connectivity index (χ0n) is 11.7. The number of aliphatic carboxylic acids is 1. The number of carbonyl (C=O) groups is 1. The highest BCUT2D eigenvalue weighted by molar-refractivity contribution is 5.77. The monoisotopic (exact) mass is 244 g/mol. The maximum atomic E-state index is 10.8. The van der Waals surface area contributed by atoms with Crippen molar-refractivity contribution in [1.29, 1.82) is 0 Å². The molecule has 1 atom stereocenters. The first-order chi connectivity index (χ1) is 7.85. The number of unbranched alkanes of at least 4 members (excludes halogenated alkanes) is 1. The molecule has 0 spiro atoms. The van der Waals surface area contributed by atoms with Gasteiger partial charge >= 0.3 is 5.97 Å². The number of hydrogen-bond acceptors (Lipinski definition) is 3. The average Bonchev–Trinajstić information content (AvgIpc) is 2.26. The Labute approximate surface area is 105 Å². The van der Waals surface area contributed by atoms with Crippen LogP contribution < -0.4 is 5.73 Å². The first-order valence-corrected chi connectivity index (χ1v) is 6.57. The SMILES string of the molecule is CCC(CC)N(C)CCCCC(C)(N)C(=O)O. The summed E-state index contributed by atoms with van der Waals surface area (Å²) in [6.07, 6.45) is 4.74. The lowest BCUT2D eigenvalue weighted by molar-refractivity contribution is -0.142. The second-order valence-electron chi connectivity index (χ2n) is 5.13. The normalized spacial score (nSPS) is 15.2. The van der Waals surface area contributed by atoms with E-state index in [0.29, 0.717) is 12.5 Å². The van der Waals surface area contributed by atoms with Crippen LogP contribution in [-0.2, 0) is 4.79 Å². The highest BCUT2D eigenvalue weighted by Crippen LogP contribution is 2.13. The zero-order chi connectivity index (χ0) is 13.5. The van der Waals surface area contributed by atoms with Gasteiger partial charge in [-0.3, -0.25) is 4.79 Å². The van der Waals surface area contributed by atoms with Gasteiger partial charge in [0.15, 0.2) is 0 Å². The molecule has 0 aromatic heterocycles. The quantitative estimate of drug-likeness (QED) is 0.609. The maximum absolute atomic E-state index is 10.8. The summed E-state index contributed by atoms with van der Waals surface area (Å²) in [5.74, 6) is -0.911. The van der Waals surface area contributed by atoms with Crippen LogP contribution in [0.15, 0.2) is 0 Å². The van der Waals surface area contributed by atoms with Gasteiger partial charge in [0.05, 0.1) is 0 Å². The molecule has 0 amide bonds. The summed E-state index contributed by atoms with van der Waals surface area (Å²) in [4.78, 5) is 13.2. The highest BCUT2D eigenvalue weighted by Gasteiger charge is 2.26. The summed E-state index contributed by atoms with van der Waals surface area (Å²) in [6.45, 7) is 7.00. The molecule has 3 N–H and O–H groups in total. The van der Waals surface area contributed by atoms with Crippen LogP contribution in [0.5, 0.6) is 0 Å². The Hall–Kier alpha value is -0.610. The third kappa shape index (κ3) is 6.03. The van der Waals surface area contributed by atoms with E-state index in [9.17, 15) is 4.79 Å². The molecule has 0 aromatic rings. The predicted molar refractivity (Wildman–Crippen MR) is 71.1 cm³/mol. The van der Waals surface area contributed by atoms with Crippen LogP contribution in [0, 0.1) is 0 Å². The molecule has 0 aliphatic carbocycles. The molecule has 0 aliphatic rings. The van der Waals surface area contributed by atoms with E-state index in [1.165, 1.54) is 0 Å². The van der Waals surface area contributed by atoms with Gasteiger partial charge in [-0.25, -0.2) is 0 Å². The van der Waals surface area contributed by atoms with Crippen molar-refractivity contribution in [2.75, 3.05) is 13.6 Å². The van der Waals surface area contributed by atoms with E-state index >= 15 is 0 Å². The lowest BCUT2D eigenvalue weighted by atomic mass is 9.96. The van der Waals surface area contributed by atoms with Crippen LogP contribution in [0.1, 0.15) is 52.9 Å². The Bertz CT molecular complexity index is 225. The van der Waals surface area contributed by atoms with Gasteiger partial charge in [0.25, 0.3) is 0 Å². The third-order valence-corrected chi connectivity index (χ3v) is 3.51. The number of carboxylic acids is 1. The van der Waals surface area contributed by atoms with Gasteiger partial charge in [-0.2, -0.15) is 0 Å². The fourth-order valence-electron chi connectivity index (χ4n) is 2.05. The van der Waals surface area contributed by atoms with Gasteiger partial charge in [0, 0.05) is 6.04 Å². The second-order valence-corrected chi connectivity index (χ2v) is 5.13. The van der Waals surface area contributed by atoms with E-state index in [1.54, 1.807) is 6.92 Å². The van der Waals surface area contributed by atoms with Gasteiger partial charge in [0.2, 0.25) is 0 Å². The van der Waals surface area contributed by atoms with E-state index in [4.69, 9.17) is 10.8 Å². The molecule has 0 aromatic carbocycles. The van der Waals surface area contributed by atoms with Crippen LogP contribution in [0.4, 0.5) is 0 Å². The van der Waals surface area contributed by atoms with Crippen molar-refractivity contribution in [2.45, 2.75) is 64.5 Å². The second kappa shape index (κ2) is 7.67. The standard InChI is InChI=1S/C13H28N2O2/c1-5-11(6-2)15(4)10-8-7-9-13(3,14)12(16)17/h11H,5-10,14H2,1-4H3,(H,16,17). The highest BCUT2D eigenvalue weighted by atomic mass is 16.4. The summed E-state index contributed by atoms with van der Waals surface area (Å²) in [7, 11) is 2.14. The molecule has 0 bridgehead atoms. The molecule has 102 valence electrons. The number of carboxylic acid groups (broad SMARTS) is 1. The fourth-order valence-corrected chi connectivity index (χ4v) is 2.05. The smallest absolute Gasteiger partial charge is 0.323 e. The lowest BCUT2D eigenvalue weighted by Crippen LogP contribution is -2.44. The third-order valence-electron chi connectivity index (χ3n) is 3.51. The summed E-state index contributed by atoms with van der Waals surface area (Å²) in [6, 6.07) is 0.638. The predicted octanol–water partition coefficient (Wildman–Crippen LogP) is 2.08. The van der Waals surface area contributed by atoms with Crippen molar-refractivity contribution in [3.8, 4) is 0 Å². The molecule has 0 fully saturated rings. The Kier molecular flexibility index (Phi) is 7.39. The van der Waals surface area contributed by atoms with E-state index in [1.807, 2.05) is 0 Å². The van der Waals surface area contributed by atoms with Crippen LogP contribution >= 0.6 is 0 Å². The van der Waals surface area contributed by atoms with E-state index in [0.717, 1.165) is 32.2 Å². The van der Waals surface area contributed by atoms with Crippen molar-refractivity contribution in [2.24, 2.45) is 5.73 Å². The van der Waals surface area contributed by atoms with Crippen LogP contribution in [0.2, 0.25) is 0 Å². The van der Waals surface area contributed by atoms with Crippen molar-refractivity contribution in [3.63, 3.8) is 0 Å². The first-order valence-electron chi connectivity index (χ1n) is 6.57. The van der Waals surface area contributed by atoms with Gasteiger partial charge in [-0.15, -0.1) is 0 Å². The molecule has 0 heterocycles. The fraction of sp³-hybridized carbons (Fsp3) is 0.923. The van der Waals surface area contributed by atoms with Crippen molar-refractivity contribution in [3.05, 3.63) is 0 Å². The molecule has 0 radical (unpaired) electrons. The molecule has 4 heteroatoms. The van der Waals surface area contributed by atoms with Gasteiger partial charge in [-0.05, 0) is 52.6 Å². The molecule has 17 heavy (non-hydrogen) atoms. The minimum absolute atomic E-state index is 0.541. The maximum Gasteiger partial charge on any atom is 0.323 e. The lowest BCUT2D eigenvalue weighted by Gasteiger charge is -2.26. The van der Waals surface area contributed by atoms with Crippen LogP contribution in [0.25, 0.3) is 0 Å².